The van der Waals surface area contributed by atoms with Crippen molar-refractivity contribution >= 4 is 5.95 Å². The monoisotopic (exact) mass is 326 g/mol. The van der Waals surface area contributed by atoms with E-state index in [-0.39, 0.29) is 6.10 Å². The van der Waals surface area contributed by atoms with Gasteiger partial charge in [-0.1, -0.05) is 0 Å². The van der Waals surface area contributed by atoms with Gasteiger partial charge in [0.05, 0.1) is 5.69 Å². The fourth-order valence-electron chi connectivity index (χ4n) is 3.16. The minimum atomic E-state index is 0.0222. The van der Waals surface area contributed by atoms with Crippen molar-refractivity contribution in [2.45, 2.75) is 39.3 Å². The van der Waals surface area contributed by atoms with E-state index in [1.54, 1.807) is 6.07 Å². The molecular formula is C17H22N6O. The van der Waals surface area contributed by atoms with Crippen molar-refractivity contribution in [2.24, 2.45) is 5.92 Å². The summed E-state index contributed by atoms with van der Waals surface area (Å²) >= 11 is 0. The highest BCUT2D eigenvalue weighted by Crippen LogP contribution is 2.33. The highest BCUT2D eigenvalue weighted by atomic mass is 16.5. The SMILES string of the molecule is CCn1nccc1[C@@H]1OCCC[C@H]1CNc1nc(C)cc(C#N)n1. The minimum Gasteiger partial charge on any atom is -0.372 e. The largest absolute Gasteiger partial charge is 0.372 e. The standard InChI is InChI=1S/C17H22N6O/c1-3-23-15(6-7-20-23)16-13(5-4-8-24-16)11-19-17-21-12(2)9-14(10-18)22-17/h6-7,9,13,16H,3-5,8,11H2,1-2H3,(H,19,21,22)/t13-,16+/m0/s1. The lowest BCUT2D eigenvalue weighted by Crippen LogP contribution is -2.30. The van der Waals surface area contributed by atoms with E-state index in [9.17, 15) is 0 Å². The third-order valence-electron chi connectivity index (χ3n) is 4.28. The van der Waals surface area contributed by atoms with Crippen LogP contribution >= 0.6 is 0 Å². The molecule has 0 aromatic carbocycles. The number of aryl methyl sites for hydroxylation is 2. The van der Waals surface area contributed by atoms with Gasteiger partial charge in [-0.25, -0.2) is 9.97 Å². The van der Waals surface area contributed by atoms with E-state index in [4.69, 9.17) is 10.00 Å². The van der Waals surface area contributed by atoms with E-state index >= 15 is 0 Å². The molecule has 0 amide bonds. The van der Waals surface area contributed by atoms with Crippen LogP contribution in [0.3, 0.4) is 0 Å². The van der Waals surface area contributed by atoms with Crippen LogP contribution in [-0.4, -0.2) is 32.9 Å². The Kier molecular flexibility index (Phi) is 5.06. The fraction of sp³-hybridized carbons (Fsp3) is 0.529. The third-order valence-corrected chi connectivity index (χ3v) is 4.28. The first-order valence-electron chi connectivity index (χ1n) is 8.34. The lowest BCUT2D eigenvalue weighted by atomic mass is 9.92. The van der Waals surface area contributed by atoms with Crippen molar-refractivity contribution in [3.8, 4) is 6.07 Å². The predicted octanol–water partition coefficient (Wildman–Crippen LogP) is 2.45. The predicted molar refractivity (Wildman–Crippen MR) is 89.3 cm³/mol. The molecule has 1 aliphatic rings. The smallest absolute Gasteiger partial charge is 0.224 e. The van der Waals surface area contributed by atoms with E-state index in [0.29, 0.717) is 24.1 Å². The van der Waals surface area contributed by atoms with Crippen molar-refractivity contribution in [2.75, 3.05) is 18.5 Å². The molecule has 24 heavy (non-hydrogen) atoms. The Hall–Kier alpha value is -2.46. The van der Waals surface area contributed by atoms with Gasteiger partial charge in [0.15, 0.2) is 0 Å². The maximum absolute atomic E-state index is 9.03. The van der Waals surface area contributed by atoms with Crippen LogP contribution in [0, 0.1) is 24.2 Å². The maximum atomic E-state index is 9.03. The highest BCUT2D eigenvalue weighted by Gasteiger charge is 2.29. The summed E-state index contributed by atoms with van der Waals surface area (Å²) in [7, 11) is 0. The Labute approximate surface area is 141 Å². The number of nitrogens with zero attached hydrogens (tertiary/aromatic N) is 5. The molecule has 0 radical (unpaired) electrons. The lowest BCUT2D eigenvalue weighted by Gasteiger charge is -2.32. The first-order chi connectivity index (χ1) is 11.7. The van der Waals surface area contributed by atoms with Gasteiger partial charge < -0.3 is 10.1 Å². The van der Waals surface area contributed by atoms with Gasteiger partial charge in [-0.3, -0.25) is 4.68 Å². The van der Waals surface area contributed by atoms with Gasteiger partial charge in [-0.2, -0.15) is 10.4 Å². The third kappa shape index (κ3) is 3.54. The van der Waals surface area contributed by atoms with Crippen LogP contribution in [0.2, 0.25) is 0 Å². The molecule has 0 bridgehead atoms. The van der Waals surface area contributed by atoms with Crippen LogP contribution in [0.1, 0.15) is 43.0 Å². The molecule has 1 saturated heterocycles. The molecule has 0 aliphatic carbocycles. The second kappa shape index (κ2) is 7.41. The Bertz CT molecular complexity index is 735. The number of rotatable bonds is 5. The average Bonchev–Trinajstić information content (AvgIpc) is 3.08. The van der Waals surface area contributed by atoms with Crippen molar-refractivity contribution in [3.05, 3.63) is 35.4 Å². The first kappa shape index (κ1) is 16.4. The molecule has 0 unspecified atom stereocenters. The number of hydrogen-bond acceptors (Lipinski definition) is 6. The molecule has 0 spiro atoms. The minimum absolute atomic E-state index is 0.0222. The van der Waals surface area contributed by atoms with E-state index in [0.717, 1.165) is 37.4 Å². The Balaban J connectivity index is 1.73. The molecule has 2 aromatic rings. The number of aromatic nitrogens is 4. The Morgan fingerprint density at radius 3 is 3.12 bits per heavy atom. The summed E-state index contributed by atoms with van der Waals surface area (Å²) in [6.45, 7) is 6.24. The summed E-state index contributed by atoms with van der Waals surface area (Å²) in [5.41, 5.74) is 2.28. The molecule has 1 aliphatic heterocycles. The molecule has 2 atom stereocenters. The maximum Gasteiger partial charge on any atom is 0.224 e. The molecule has 1 N–H and O–H groups in total. The normalized spacial score (nSPS) is 20.5. The molecule has 7 heteroatoms. The Morgan fingerprint density at radius 2 is 2.33 bits per heavy atom. The van der Waals surface area contributed by atoms with Crippen molar-refractivity contribution in [3.63, 3.8) is 0 Å². The van der Waals surface area contributed by atoms with Crippen LogP contribution in [0.25, 0.3) is 0 Å². The van der Waals surface area contributed by atoms with Gasteiger partial charge in [-0.05, 0) is 38.8 Å². The molecule has 126 valence electrons. The number of ether oxygens (including phenoxy) is 1. The van der Waals surface area contributed by atoms with Crippen LogP contribution in [0.15, 0.2) is 18.3 Å². The number of anilines is 1. The highest BCUT2D eigenvalue weighted by molar-refractivity contribution is 5.33. The van der Waals surface area contributed by atoms with E-state index in [2.05, 4.69) is 33.4 Å². The summed E-state index contributed by atoms with van der Waals surface area (Å²) < 4.78 is 8.03. The molecule has 0 saturated carbocycles. The number of nitrogens with one attached hydrogen (secondary N) is 1. The van der Waals surface area contributed by atoms with Gasteiger partial charge in [0.25, 0.3) is 0 Å². The summed E-state index contributed by atoms with van der Waals surface area (Å²) in [5, 5.41) is 16.7. The van der Waals surface area contributed by atoms with Crippen LogP contribution < -0.4 is 5.32 Å². The topological polar surface area (TPSA) is 88.6 Å². The fourth-order valence-corrected chi connectivity index (χ4v) is 3.16. The van der Waals surface area contributed by atoms with Gasteiger partial charge >= 0.3 is 0 Å². The molecule has 3 rings (SSSR count). The van der Waals surface area contributed by atoms with Crippen LogP contribution in [-0.2, 0) is 11.3 Å². The second-order valence-corrected chi connectivity index (χ2v) is 5.98. The Morgan fingerprint density at radius 1 is 1.46 bits per heavy atom. The first-order valence-corrected chi connectivity index (χ1v) is 8.34. The zero-order valence-electron chi connectivity index (χ0n) is 14.1. The van der Waals surface area contributed by atoms with E-state index < -0.39 is 0 Å². The quantitative estimate of drug-likeness (QED) is 0.908. The van der Waals surface area contributed by atoms with Crippen LogP contribution in [0.4, 0.5) is 5.95 Å². The molecule has 7 nitrogen and oxygen atoms in total. The summed E-state index contributed by atoms with van der Waals surface area (Å²) in [4.78, 5) is 8.57. The summed E-state index contributed by atoms with van der Waals surface area (Å²) in [6.07, 6.45) is 3.96. The number of hydrogen-bond donors (Lipinski definition) is 1. The van der Waals surface area contributed by atoms with E-state index in [1.807, 2.05) is 23.9 Å². The summed E-state index contributed by atoms with van der Waals surface area (Å²) in [6, 6.07) is 5.77. The van der Waals surface area contributed by atoms with E-state index in [1.165, 1.54) is 0 Å². The van der Waals surface area contributed by atoms with Crippen molar-refractivity contribution in [1.82, 2.24) is 19.7 Å². The zero-order valence-corrected chi connectivity index (χ0v) is 14.1. The van der Waals surface area contributed by atoms with Gasteiger partial charge in [0.1, 0.15) is 17.9 Å². The molecule has 1 fully saturated rings. The lowest BCUT2D eigenvalue weighted by molar-refractivity contribution is -0.0288. The molecule has 2 aromatic heterocycles. The van der Waals surface area contributed by atoms with Gasteiger partial charge in [0.2, 0.25) is 5.95 Å². The number of nitriles is 1. The summed E-state index contributed by atoms with van der Waals surface area (Å²) in [5.74, 6) is 0.815. The second-order valence-electron chi connectivity index (χ2n) is 5.98. The van der Waals surface area contributed by atoms with Crippen molar-refractivity contribution < 1.29 is 4.74 Å². The van der Waals surface area contributed by atoms with Crippen molar-refractivity contribution in [1.29, 1.82) is 5.26 Å². The molecule has 3 heterocycles. The molecular weight excluding hydrogens is 304 g/mol. The zero-order chi connectivity index (χ0) is 16.9. The van der Waals surface area contributed by atoms with Gasteiger partial charge in [-0.15, -0.1) is 0 Å². The average molecular weight is 326 g/mol. The van der Waals surface area contributed by atoms with Gasteiger partial charge in [0, 0.05) is 37.5 Å². The van der Waals surface area contributed by atoms with Crippen LogP contribution in [0.5, 0.6) is 0 Å².